The highest BCUT2D eigenvalue weighted by Crippen LogP contribution is 2.39. The van der Waals surface area contributed by atoms with E-state index in [1.165, 1.54) is 40.5 Å². The van der Waals surface area contributed by atoms with E-state index in [0.717, 1.165) is 0 Å². The molecule has 0 radical (unpaired) electrons. The van der Waals surface area contributed by atoms with Gasteiger partial charge in [0.2, 0.25) is 0 Å². The molecule has 1 aromatic heterocycles. The van der Waals surface area contributed by atoms with Gasteiger partial charge >= 0.3 is 11.9 Å². The van der Waals surface area contributed by atoms with Gasteiger partial charge in [-0.1, -0.05) is 12.1 Å². The summed E-state index contributed by atoms with van der Waals surface area (Å²) in [5, 5.41) is 24.8. The Hall–Kier alpha value is -3.25. The van der Waals surface area contributed by atoms with Crippen LogP contribution in [0.15, 0.2) is 52.1 Å². The number of nitrogens with zero attached hydrogens (tertiary/aromatic N) is 3. The number of alkyl halides is 2. The molecule has 3 N–H and O–H groups in total. The molecule has 2 aliphatic heterocycles. The predicted octanol–water partition coefficient (Wildman–Crippen LogP) is 3.07. The first-order valence-corrected chi connectivity index (χ1v) is 11.2. The van der Waals surface area contributed by atoms with E-state index in [1.54, 1.807) is 18.5 Å². The number of nitrogens with one attached hydrogen (secondary N) is 1. The fourth-order valence-electron chi connectivity index (χ4n) is 4.30. The molecule has 1 saturated heterocycles. The van der Waals surface area contributed by atoms with Crippen LogP contribution in [0.5, 0.6) is 0 Å². The molecule has 0 spiro atoms. The lowest BCUT2D eigenvalue weighted by molar-refractivity contribution is -0.153. The fourth-order valence-corrected chi connectivity index (χ4v) is 4.88. The lowest BCUT2D eigenvalue weighted by Crippen LogP contribution is -2.53. The van der Waals surface area contributed by atoms with Gasteiger partial charge in [0.05, 0.1) is 5.57 Å². The summed E-state index contributed by atoms with van der Waals surface area (Å²) < 4.78 is 41.4. The molecule has 34 heavy (non-hydrogen) atoms. The van der Waals surface area contributed by atoms with Crippen LogP contribution < -0.4 is 5.32 Å². The Bertz CT molecular complexity index is 1170. The molecule has 8 nitrogen and oxygen atoms in total. The predicted molar refractivity (Wildman–Crippen MR) is 117 cm³/mol. The van der Waals surface area contributed by atoms with Gasteiger partial charge in [-0.2, -0.15) is 0 Å². The van der Waals surface area contributed by atoms with Crippen LogP contribution in [0.1, 0.15) is 30.3 Å². The molecule has 0 saturated carbocycles. The molecule has 0 bridgehead atoms. The highest BCUT2D eigenvalue weighted by atomic mass is 32.1. The third-order valence-corrected chi connectivity index (χ3v) is 6.77. The van der Waals surface area contributed by atoms with Crippen LogP contribution in [-0.4, -0.2) is 62.9 Å². The van der Waals surface area contributed by atoms with E-state index in [9.17, 15) is 33.0 Å². The van der Waals surface area contributed by atoms with Crippen molar-refractivity contribution in [2.45, 2.75) is 37.3 Å². The number of piperidine rings is 1. The minimum atomic E-state index is -3.13. The van der Waals surface area contributed by atoms with Crippen LogP contribution >= 0.6 is 11.3 Å². The Morgan fingerprint density at radius 3 is 2.56 bits per heavy atom. The molecule has 1 fully saturated rings. The van der Waals surface area contributed by atoms with Gasteiger partial charge in [-0.25, -0.2) is 27.9 Å². The topological polar surface area (TPSA) is 115 Å². The van der Waals surface area contributed by atoms with E-state index in [0.29, 0.717) is 10.6 Å². The fraction of sp³-hybridized carbons (Fsp3) is 0.364. The van der Waals surface area contributed by atoms with Crippen molar-refractivity contribution in [1.29, 1.82) is 0 Å². The number of aliphatic carboxylic acids is 2. The Balaban J connectivity index is 1.82. The highest BCUT2D eigenvalue weighted by Gasteiger charge is 2.46. The Morgan fingerprint density at radius 2 is 1.97 bits per heavy atom. The number of thiazole rings is 1. The van der Waals surface area contributed by atoms with Crippen molar-refractivity contribution >= 4 is 29.1 Å². The lowest BCUT2D eigenvalue weighted by Gasteiger charge is -2.40. The van der Waals surface area contributed by atoms with Crippen molar-refractivity contribution in [2.75, 3.05) is 13.1 Å². The molecular weight excluding hydrogens is 473 g/mol. The second-order valence-electron chi connectivity index (χ2n) is 8.30. The Morgan fingerprint density at radius 1 is 1.26 bits per heavy atom. The Labute approximate surface area is 196 Å². The maximum atomic E-state index is 13.9. The molecule has 2 atom stereocenters. The molecule has 0 aliphatic carbocycles. The van der Waals surface area contributed by atoms with Crippen LogP contribution in [0.2, 0.25) is 0 Å². The number of carbonyl (C=O) groups is 2. The normalized spacial score (nSPS) is 24.9. The number of benzene rings is 1. The van der Waals surface area contributed by atoms with Crippen molar-refractivity contribution < 1.29 is 33.0 Å². The van der Waals surface area contributed by atoms with E-state index >= 15 is 0 Å². The second kappa shape index (κ2) is 8.84. The van der Waals surface area contributed by atoms with Crippen molar-refractivity contribution in [3.63, 3.8) is 0 Å². The summed E-state index contributed by atoms with van der Waals surface area (Å²) in [6.45, 7) is 1.08. The number of aromatic nitrogens is 1. The molecule has 12 heteroatoms. The van der Waals surface area contributed by atoms with Crippen LogP contribution in [-0.2, 0) is 15.1 Å². The number of halogens is 3. The van der Waals surface area contributed by atoms with Crippen LogP contribution in [0.4, 0.5) is 13.2 Å². The Kier molecular flexibility index (Phi) is 6.21. The molecule has 1 unspecified atom stereocenters. The summed E-state index contributed by atoms with van der Waals surface area (Å²) in [6.07, 6.45) is 0.124. The van der Waals surface area contributed by atoms with E-state index < -0.39 is 48.1 Å². The van der Waals surface area contributed by atoms with E-state index in [1.807, 2.05) is 0 Å². The van der Waals surface area contributed by atoms with Gasteiger partial charge in [-0.15, -0.1) is 11.3 Å². The highest BCUT2D eigenvalue weighted by molar-refractivity contribution is 7.11. The number of likely N-dealkylation sites (tertiary alicyclic amines) is 1. The zero-order valence-corrected chi connectivity index (χ0v) is 18.8. The van der Waals surface area contributed by atoms with E-state index in [-0.39, 0.29) is 30.2 Å². The van der Waals surface area contributed by atoms with Gasteiger partial charge in [0.1, 0.15) is 17.4 Å². The number of aliphatic imine (C=N–C) groups is 1. The third-order valence-electron chi connectivity index (χ3n) is 5.99. The van der Waals surface area contributed by atoms with Crippen molar-refractivity contribution in [1.82, 2.24) is 15.2 Å². The van der Waals surface area contributed by atoms with Gasteiger partial charge in [0.25, 0.3) is 5.92 Å². The summed E-state index contributed by atoms with van der Waals surface area (Å²) in [5.74, 6) is -6.13. The van der Waals surface area contributed by atoms with E-state index in [4.69, 9.17) is 0 Å². The van der Waals surface area contributed by atoms with Crippen molar-refractivity contribution in [3.8, 4) is 0 Å². The maximum Gasteiger partial charge on any atom is 0.336 e. The van der Waals surface area contributed by atoms with Crippen LogP contribution in [0, 0.1) is 5.82 Å². The summed E-state index contributed by atoms with van der Waals surface area (Å²) in [6, 6.07) is 3.73. The van der Waals surface area contributed by atoms with Gasteiger partial charge < -0.3 is 15.5 Å². The maximum absolute atomic E-state index is 13.9. The zero-order chi connectivity index (χ0) is 24.7. The third kappa shape index (κ3) is 4.55. The lowest BCUT2D eigenvalue weighted by atomic mass is 9.82. The summed E-state index contributed by atoms with van der Waals surface area (Å²) in [5.41, 5.74) is -1.18. The van der Waals surface area contributed by atoms with Crippen LogP contribution in [0.25, 0.3) is 0 Å². The smallest absolute Gasteiger partial charge is 0.336 e. The van der Waals surface area contributed by atoms with E-state index in [2.05, 4.69) is 15.3 Å². The van der Waals surface area contributed by atoms with Gasteiger partial charge in [-0.05, 0) is 24.6 Å². The summed E-state index contributed by atoms with van der Waals surface area (Å²) in [7, 11) is 0. The first-order valence-electron chi connectivity index (χ1n) is 10.3. The largest absolute Gasteiger partial charge is 0.480 e. The SMILES string of the molecule is C[C@@]1(c2ccc(F)cc2)N=C(c2nccs2)NC(CN2CCC(F)(F)CC2C(=O)O)=C1C(=O)O. The van der Waals surface area contributed by atoms with Crippen molar-refractivity contribution in [2.24, 2.45) is 4.99 Å². The number of hydrogen-bond donors (Lipinski definition) is 3. The number of rotatable bonds is 6. The molecule has 180 valence electrons. The summed E-state index contributed by atoms with van der Waals surface area (Å²) in [4.78, 5) is 34.4. The molecule has 1 aromatic carbocycles. The standard InChI is InChI=1S/C22H21F3N4O4S/c1-21(12-2-4-13(23)5-3-12)16(20(32)33)14(27-17(28-21)18-26-7-9-34-18)11-29-8-6-22(24,25)10-15(29)19(30)31/h2-5,7,9,15H,6,8,10-11H2,1H3,(H,27,28)(H,30,31)(H,32,33)/t15?,21-/m0/s1. The summed E-state index contributed by atoms with van der Waals surface area (Å²) >= 11 is 1.25. The molecule has 2 aliphatic rings. The zero-order valence-electron chi connectivity index (χ0n) is 18.0. The second-order valence-corrected chi connectivity index (χ2v) is 9.19. The monoisotopic (exact) mass is 494 g/mol. The van der Waals surface area contributed by atoms with Gasteiger partial charge in [0, 0.05) is 43.2 Å². The molecule has 3 heterocycles. The number of amidine groups is 1. The molecule has 2 aromatic rings. The minimum Gasteiger partial charge on any atom is -0.480 e. The molecular formula is C22H21F3N4O4S. The number of carboxylic acids is 2. The van der Waals surface area contributed by atoms with Gasteiger partial charge in [-0.3, -0.25) is 9.69 Å². The first kappa shape index (κ1) is 23.9. The minimum absolute atomic E-state index is 0.107. The van der Waals surface area contributed by atoms with Crippen molar-refractivity contribution in [3.05, 3.63) is 63.5 Å². The quantitative estimate of drug-likeness (QED) is 0.565. The first-order chi connectivity index (χ1) is 16.0. The molecule has 0 amide bonds. The molecule has 4 rings (SSSR count). The average molecular weight is 494 g/mol. The number of hydrogen-bond acceptors (Lipinski definition) is 7. The van der Waals surface area contributed by atoms with Crippen LogP contribution in [0.3, 0.4) is 0 Å². The van der Waals surface area contributed by atoms with Gasteiger partial charge in [0.15, 0.2) is 10.8 Å². The average Bonchev–Trinajstić information content (AvgIpc) is 3.29. The number of carboxylic acid groups (broad SMARTS) is 2.